The third-order valence-corrected chi connectivity index (χ3v) is 2.66. The number of hydrogen-bond donors (Lipinski definition) is 1. The van der Waals surface area contributed by atoms with Crippen LogP contribution in [0.2, 0.25) is 0 Å². The first-order chi connectivity index (χ1) is 8.38. The summed E-state index contributed by atoms with van der Waals surface area (Å²) >= 11 is 0. The molecule has 0 spiro atoms. The SMILES string of the molecule is CCCn1ccc(NCCc2ccccc2)n1. The maximum atomic E-state index is 4.44. The van der Waals surface area contributed by atoms with Crippen molar-refractivity contribution in [2.24, 2.45) is 0 Å². The van der Waals surface area contributed by atoms with Gasteiger partial charge in [-0.25, -0.2) is 0 Å². The third kappa shape index (κ3) is 3.63. The van der Waals surface area contributed by atoms with Gasteiger partial charge in [0.2, 0.25) is 0 Å². The van der Waals surface area contributed by atoms with Gasteiger partial charge in [0.25, 0.3) is 0 Å². The molecule has 0 amide bonds. The van der Waals surface area contributed by atoms with Crippen LogP contribution in [0, 0.1) is 0 Å². The van der Waals surface area contributed by atoms with Gasteiger partial charge < -0.3 is 5.32 Å². The van der Waals surface area contributed by atoms with Crippen LogP contribution in [0.25, 0.3) is 0 Å². The average Bonchev–Trinajstić information content (AvgIpc) is 2.79. The smallest absolute Gasteiger partial charge is 0.147 e. The lowest BCUT2D eigenvalue weighted by molar-refractivity contribution is 0.604. The lowest BCUT2D eigenvalue weighted by Crippen LogP contribution is -2.06. The molecule has 1 N–H and O–H groups in total. The number of rotatable bonds is 6. The Hall–Kier alpha value is -1.77. The Morgan fingerprint density at radius 2 is 2.00 bits per heavy atom. The third-order valence-electron chi connectivity index (χ3n) is 2.66. The van der Waals surface area contributed by atoms with Gasteiger partial charge >= 0.3 is 0 Å². The van der Waals surface area contributed by atoms with Gasteiger partial charge in [0.15, 0.2) is 0 Å². The molecular formula is C14H19N3. The first kappa shape index (κ1) is 11.7. The van der Waals surface area contributed by atoms with Gasteiger partial charge in [-0.1, -0.05) is 37.3 Å². The molecule has 3 heteroatoms. The summed E-state index contributed by atoms with van der Waals surface area (Å²) in [7, 11) is 0. The minimum absolute atomic E-state index is 0.924. The summed E-state index contributed by atoms with van der Waals surface area (Å²) in [5.41, 5.74) is 1.35. The van der Waals surface area contributed by atoms with Gasteiger partial charge in [-0.3, -0.25) is 4.68 Å². The van der Waals surface area contributed by atoms with Gasteiger partial charge in [-0.15, -0.1) is 0 Å². The maximum absolute atomic E-state index is 4.44. The fourth-order valence-corrected chi connectivity index (χ4v) is 1.79. The van der Waals surface area contributed by atoms with E-state index in [2.05, 4.69) is 41.6 Å². The van der Waals surface area contributed by atoms with Crippen LogP contribution in [0.3, 0.4) is 0 Å². The van der Waals surface area contributed by atoms with Crippen LogP contribution in [-0.2, 0) is 13.0 Å². The minimum atomic E-state index is 0.924. The van der Waals surface area contributed by atoms with E-state index in [4.69, 9.17) is 0 Å². The molecule has 0 unspecified atom stereocenters. The van der Waals surface area contributed by atoms with Crippen molar-refractivity contribution in [3.05, 3.63) is 48.2 Å². The monoisotopic (exact) mass is 229 g/mol. The average molecular weight is 229 g/mol. The standard InChI is InChI=1S/C14H19N3/c1-2-11-17-12-9-14(16-17)15-10-8-13-6-4-3-5-7-13/h3-7,9,12H,2,8,10-11H2,1H3,(H,15,16). The molecule has 17 heavy (non-hydrogen) atoms. The van der Waals surface area contributed by atoms with Crippen molar-refractivity contribution >= 4 is 5.82 Å². The number of nitrogens with zero attached hydrogens (tertiary/aromatic N) is 2. The molecule has 3 nitrogen and oxygen atoms in total. The summed E-state index contributed by atoms with van der Waals surface area (Å²) in [6.07, 6.45) is 4.17. The predicted molar refractivity (Wildman–Crippen MR) is 71.2 cm³/mol. The number of hydrogen-bond acceptors (Lipinski definition) is 2. The zero-order chi connectivity index (χ0) is 11.9. The second-order valence-corrected chi connectivity index (χ2v) is 4.13. The molecule has 0 saturated carbocycles. The molecule has 0 bridgehead atoms. The van der Waals surface area contributed by atoms with Crippen molar-refractivity contribution in [3.63, 3.8) is 0 Å². The van der Waals surface area contributed by atoms with Gasteiger partial charge in [0, 0.05) is 25.4 Å². The second kappa shape index (κ2) is 6.09. The summed E-state index contributed by atoms with van der Waals surface area (Å²) in [6, 6.07) is 12.5. The van der Waals surface area contributed by atoms with Crippen molar-refractivity contribution < 1.29 is 0 Å². The molecule has 2 rings (SSSR count). The molecule has 1 heterocycles. The topological polar surface area (TPSA) is 29.9 Å². The molecule has 1 aromatic heterocycles. The van der Waals surface area contributed by atoms with E-state index in [-0.39, 0.29) is 0 Å². The van der Waals surface area contributed by atoms with E-state index in [0.29, 0.717) is 0 Å². The van der Waals surface area contributed by atoms with E-state index < -0.39 is 0 Å². The van der Waals surface area contributed by atoms with Crippen LogP contribution >= 0.6 is 0 Å². The van der Waals surface area contributed by atoms with Crippen LogP contribution in [0.1, 0.15) is 18.9 Å². The first-order valence-corrected chi connectivity index (χ1v) is 6.19. The van der Waals surface area contributed by atoms with Crippen molar-refractivity contribution in [2.45, 2.75) is 26.3 Å². The highest BCUT2D eigenvalue weighted by atomic mass is 15.3. The summed E-state index contributed by atoms with van der Waals surface area (Å²) in [6.45, 7) is 4.07. The Bertz CT molecular complexity index is 434. The van der Waals surface area contributed by atoms with E-state index in [1.165, 1.54) is 5.56 Å². The van der Waals surface area contributed by atoms with E-state index in [1.54, 1.807) is 0 Å². The molecule has 1 aromatic carbocycles. The van der Waals surface area contributed by atoms with Crippen LogP contribution < -0.4 is 5.32 Å². The zero-order valence-electron chi connectivity index (χ0n) is 10.3. The van der Waals surface area contributed by atoms with Gasteiger partial charge in [-0.2, -0.15) is 5.10 Å². The van der Waals surface area contributed by atoms with E-state index in [1.807, 2.05) is 23.0 Å². The maximum Gasteiger partial charge on any atom is 0.147 e. The van der Waals surface area contributed by atoms with Crippen molar-refractivity contribution in [1.82, 2.24) is 9.78 Å². The number of nitrogens with one attached hydrogen (secondary N) is 1. The zero-order valence-corrected chi connectivity index (χ0v) is 10.3. The van der Waals surface area contributed by atoms with Crippen LogP contribution in [0.5, 0.6) is 0 Å². The van der Waals surface area contributed by atoms with Gasteiger partial charge in [0.05, 0.1) is 0 Å². The molecule has 0 fully saturated rings. The molecule has 0 radical (unpaired) electrons. The highest BCUT2D eigenvalue weighted by Crippen LogP contribution is 2.04. The number of benzene rings is 1. The van der Waals surface area contributed by atoms with E-state index in [9.17, 15) is 0 Å². The fourth-order valence-electron chi connectivity index (χ4n) is 1.79. The molecular weight excluding hydrogens is 210 g/mol. The Morgan fingerprint density at radius 1 is 1.18 bits per heavy atom. The van der Waals surface area contributed by atoms with Crippen molar-refractivity contribution in [1.29, 1.82) is 0 Å². The Kier molecular flexibility index (Phi) is 4.19. The summed E-state index contributed by atoms with van der Waals surface area (Å²) < 4.78 is 1.98. The van der Waals surface area contributed by atoms with Crippen LogP contribution in [-0.4, -0.2) is 16.3 Å². The molecule has 2 aromatic rings. The summed E-state index contributed by atoms with van der Waals surface area (Å²) in [5.74, 6) is 0.967. The molecule has 90 valence electrons. The Morgan fingerprint density at radius 3 is 2.76 bits per heavy atom. The normalized spacial score (nSPS) is 10.4. The van der Waals surface area contributed by atoms with Gasteiger partial charge in [0.1, 0.15) is 5.82 Å². The second-order valence-electron chi connectivity index (χ2n) is 4.13. The lowest BCUT2D eigenvalue weighted by atomic mass is 10.1. The molecule has 0 aliphatic heterocycles. The predicted octanol–water partition coefficient (Wildman–Crippen LogP) is 2.95. The first-order valence-electron chi connectivity index (χ1n) is 6.19. The molecule has 0 aliphatic carbocycles. The Balaban J connectivity index is 1.78. The van der Waals surface area contributed by atoms with Crippen molar-refractivity contribution in [2.75, 3.05) is 11.9 Å². The molecule has 0 saturated heterocycles. The van der Waals surface area contributed by atoms with E-state index in [0.717, 1.165) is 31.7 Å². The van der Waals surface area contributed by atoms with E-state index >= 15 is 0 Å². The number of anilines is 1. The summed E-state index contributed by atoms with van der Waals surface area (Å²) in [4.78, 5) is 0. The lowest BCUT2D eigenvalue weighted by Gasteiger charge is -2.03. The fraction of sp³-hybridized carbons (Fsp3) is 0.357. The van der Waals surface area contributed by atoms with Gasteiger partial charge in [-0.05, 0) is 18.4 Å². The highest BCUT2D eigenvalue weighted by molar-refractivity contribution is 5.32. The molecule has 0 aliphatic rings. The van der Waals surface area contributed by atoms with Crippen LogP contribution in [0.15, 0.2) is 42.6 Å². The molecule has 0 atom stereocenters. The minimum Gasteiger partial charge on any atom is -0.368 e. The van der Waals surface area contributed by atoms with Crippen LogP contribution in [0.4, 0.5) is 5.82 Å². The Labute approximate surface area is 102 Å². The largest absolute Gasteiger partial charge is 0.368 e. The number of aromatic nitrogens is 2. The van der Waals surface area contributed by atoms with Crippen molar-refractivity contribution in [3.8, 4) is 0 Å². The summed E-state index contributed by atoms with van der Waals surface area (Å²) in [5, 5.41) is 7.78. The highest BCUT2D eigenvalue weighted by Gasteiger charge is 1.97. The number of aryl methyl sites for hydroxylation is 1. The quantitative estimate of drug-likeness (QED) is 0.825.